The van der Waals surface area contributed by atoms with Crippen LogP contribution in [-0.2, 0) is 4.74 Å². The van der Waals surface area contributed by atoms with Gasteiger partial charge >= 0.3 is 5.97 Å². The number of hydrogen-bond donors (Lipinski definition) is 1. The van der Waals surface area contributed by atoms with Crippen LogP contribution >= 0.6 is 22.9 Å². The van der Waals surface area contributed by atoms with Gasteiger partial charge in [-0.15, -0.1) is 11.3 Å². The second-order valence-corrected chi connectivity index (χ2v) is 7.72. The van der Waals surface area contributed by atoms with E-state index in [4.69, 9.17) is 21.1 Å². The molecule has 0 aliphatic rings. The number of carbonyl (C=O) groups excluding carboxylic acids is 1. The normalized spacial score (nSPS) is 11.9. The molecule has 0 saturated heterocycles. The zero-order chi connectivity index (χ0) is 21.1. The third kappa shape index (κ3) is 3.97. The SMILES string of the molecule is CCOC(=O)c1cnc(Cl)c2c(C(Oc3ccccc3)c3cccc(O)c3)csc12. The Morgan fingerprint density at radius 3 is 2.73 bits per heavy atom. The van der Waals surface area contributed by atoms with Crippen LogP contribution in [0.15, 0.2) is 66.2 Å². The third-order valence-electron chi connectivity index (χ3n) is 4.53. The van der Waals surface area contributed by atoms with E-state index in [-0.39, 0.29) is 17.5 Å². The highest BCUT2D eigenvalue weighted by Crippen LogP contribution is 2.41. The number of ether oxygens (including phenoxy) is 2. The summed E-state index contributed by atoms with van der Waals surface area (Å²) in [6.45, 7) is 2.02. The Bertz CT molecular complexity index is 1190. The number of fused-ring (bicyclic) bond motifs is 1. The van der Waals surface area contributed by atoms with Crippen molar-refractivity contribution in [1.82, 2.24) is 4.98 Å². The Balaban J connectivity index is 1.88. The Labute approximate surface area is 182 Å². The number of hydrogen-bond acceptors (Lipinski definition) is 6. The maximum Gasteiger partial charge on any atom is 0.341 e. The lowest BCUT2D eigenvalue weighted by Crippen LogP contribution is -2.10. The predicted molar refractivity (Wildman–Crippen MR) is 118 cm³/mol. The molecule has 4 aromatic rings. The molecule has 2 aromatic heterocycles. The summed E-state index contributed by atoms with van der Waals surface area (Å²) in [5.74, 6) is 0.346. The zero-order valence-electron chi connectivity index (χ0n) is 16.0. The fourth-order valence-corrected chi connectivity index (χ4v) is 4.60. The number of rotatable bonds is 6. The molecular weight excluding hydrogens is 422 g/mol. The number of thiophene rings is 1. The van der Waals surface area contributed by atoms with Gasteiger partial charge in [-0.2, -0.15) is 0 Å². The molecule has 0 saturated carbocycles. The Hall–Kier alpha value is -3.09. The highest BCUT2D eigenvalue weighted by molar-refractivity contribution is 7.18. The lowest BCUT2D eigenvalue weighted by atomic mass is 10.0. The maximum absolute atomic E-state index is 12.4. The number of halogens is 1. The van der Waals surface area contributed by atoms with Crippen LogP contribution in [0.5, 0.6) is 11.5 Å². The average Bonchev–Trinajstić information content (AvgIpc) is 3.19. The van der Waals surface area contributed by atoms with Gasteiger partial charge < -0.3 is 14.6 Å². The van der Waals surface area contributed by atoms with Crippen molar-refractivity contribution in [3.8, 4) is 11.5 Å². The number of nitrogens with zero attached hydrogens (tertiary/aromatic N) is 1. The molecule has 5 nitrogen and oxygen atoms in total. The van der Waals surface area contributed by atoms with Crippen LogP contribution in [0, 0.1) is 0 Å². The number of pyridine rings is 1. The van der Waals surface area contributed by atoms with Crippen molar-refractivity contribution in [2.75, 3.05) is 6.61 Å². The van der Waals surface area contributed by atoms with Crippen LogP contribution in [0.2, 0.25) is 5.15 Å². The topological polar surface area (TPSA) is 68.7 Å². The number of phenolic OH excluding ortho intramolecular Hbond substituents is 1. The highest BCUT2D eigenvalue weighted by atomic mass is 35.5. The lowest BCUT2D eigenvalue weighted by Gasteiger charge is -2.20. The monoisotopic (exact) mass is 439 g/mol. The van der Waals surface area contributed by atoms with Crippen molar-refractivity contribution in [3.05, 3.63) is 88.0 Å². The molecule has 1 atom stereocenters. The van der Waals surface area contributed by atoms with Crippen molar-refractivity contribution >= 4 is 39.0 Å². The van der Waals surface area contributed by atoms with Gasteiger partial charge in [0, 0.05) is 22.7 Å². The summed E-state index contributed by atoms with van der Waals surface area (Å²) in [7, 11) is 0. The van der Waals surface area contributed by atoms with Crippen molar-refractivity contribution in [1.29, 1.82) is 0 Å². The fourth-order valence-electron chi connectivity index (χ4n) is 3.21. The highest BCUT2D eigenvalue weighted by Gasteiger charge is 2.25. The van der Waals surface area contributed by atoms with E-state index in [0.717, 1.165) is 11.1 Å². The van der Waals surface area contributed by atoms with E-state index in [2.05, 4.69) is 4.98 Å². The quantitative estimate of drug-likeness (QED) is 0.294. The van der Waals surface area contributed by atoms with Crippen LogP contribution in [0.3, 0.4) is 0 Å². The number of aromatic hydroxyl groups is 1. The summed E-state index contributed by atoms with van der Waals surface area (Å²) >= 11 is 7.84. The van der Waals surface area contributed by atoms with Gasteiger partial charge in [0.05, 0.1) is 16.9 Å². The van der Waals surface area contributed by atoms with E-state index in [1.807, 2.05) is 41.8 Å². The zero-order valence-corrected chi connectivity index (χ0v) is 17.6. The van der Waals surface area contributed by atoms with E-state index in [9.17, 15) is 9.90 Å². The van der Waals surface area contributed by atoms with Gasteiger partial charge in [-0.3, -0.25) is 0 Å². The van der Waals surface area contributed by atoms with Crippen LogP contribution in [0.1, 0.15) is 34.5 Å². The third-order valence-corrected chi connectivity index (χ3v) is 5.84. The fraction of sp³-hybridized carbons (Fsp3) is 0.130. The number of aromatic nitrogens is 1. The second-order valence-electron chi connectivity index (χ2n) is 6.48. The van der Waals surface area contributed by atoms with Crippen molar-refractivity contribution in [2.45, 2.75) is 13.0 Å². The van der Waals surface area contributed by atoms with Crippen molar-refractivity contribution in [2.24, 2.45) is 0 Å². The average molecular weight is 440 g/mol. The van der Waals surface area contributed by atoms with Crippen LogP contribution < -0.4 is 4.74 Å². The molecule has 1 unspecified atom stereocenters. The van der Waals surface area contributed by atoms with E-state index < -0.39 is 12.1 Å². The molecule has 0 amide bonds. The molecular formula is C23H18ClNO4S. The first-order chi connectivity index (χ1) is 14.6. The van der Waals surface area contributed by atoms with Crippen molar-refractivity contribution < 1.29 is 19.4 Å². The van der Waals surface area contributed by atoms with E-state index in [1.165, 1.54) is 17.5 Å². The molecule has 4 rings (SSSR count). The molecule has 30 heavy (non-hydrogen) atoms. The summed E-state index contributed by atoms with van der Waals surface area (Å²) in [4.78, 5) is 16.6. The molecule has 1 N–H and O–H groups in total. The van der Waals surface area contributed by atoms with Crippen LogP contribution in [-0.4, -0.2) is 22.7 Å². The number of carbonyl (C=O) groups is 1. The lowest BCUT2D eigenvalue weighted by molar-refractivity contribution is 0.0528. The minimum Gasteiger partial charge on any atom is -0.508 e. The summed E-state index contributed by atoms with van der Waals surface area (Å²) < 4.78 is 12.2. The molecule has 0 bridgehead atoms. The standard InChI is InChI=1S/C23H18ClNO4S/c1-2-28-23(27)17-12-25-22(24)19-18(13-30-21(17)19)20(14-7-6-8-15(26)11-14)29-16-9-4-3-5-10-16/h3-13,20,26H,2H2,1H3. The molecule has 0 spiro atoms. The van der Waals surface area contributed by atoms with Gasteiger partial charge in [-0.1, -0.05) is 41.9 Å². The second kappa shape index (κ2) is 8.73. The predicted octanol–water partition coefficient (Wildman–Crippen LogP) is 6.00. The molecule has 0 aliphatic heterocycles. The molecule has 2 aromatic carbocycles. The van der Waals surface area contributed by atoms with Crippen LogP contribution in [0.25, 0.3) is 10.1 Å². The van der Waals surface area contributed by atoms with Gasteiger partial charge in [0.1, 0.15) is 16.7 Å². The maximum atomic E-state index is 12.4. The Kier molecular flexibility index (Phi) is 5.88. The van der Waals surface area contributed by atoms with Crippen LogP contribution in [0.4, 0.5) is 0 Å². The van der Waals surface area contributed by atoms with Gasteiger partial charge in [-0.25, -0.2) is 9.78 Å². The molecule has 152 valence electrons. The summed E-state index contributed by atoms with van der Waals surface area (Å²) in [5, 5.41) is 12.8. The smallest absolute Gasteiger partial charge is 0.341 e. The van der Waals surface area contributed by atoms with Gasteiger partial charge in [-0.05, 0) is 36.6 Å². The number of benzene rings is 2. The first kappa shape index (κ1) is 20.2. The van der Waals surface area contributed by atoms with E-state index >= 15 is 0 Å². The molecule has 2 heterocycles. The molecule has 0 fully saturated rings. The summed E-state index contributed by atoms with van der Waals surface area (Å²) in [6, 6.07) is 16.3. The summed E-state index contributed by atoms with van der Waals surface area (Å²) in [6.07, 6.45) is 0.870. The number of phenols is 1. The van der Waals surface area contributed by atoms with E-state index in [1.54, 1.807) is 25.1 Å². The Morgan fingerprint density at radius 1 is 1.20 bits per heavy atom. The van der Waals surface area contributed by atoms with Gasteiger partial charge in [0.25, 0.3) is 0 Å². The molecule has 0 aliphatic carbocycles. The van der Waals surface area contributed by atoms with E-state index in [0.29, 0.717) is 21.4 Å². The number of para-hydroxylation sites is 1. The Morgan fingerprint density at radius 2 is 2.00 bits per heavy atom. The molecule has 7 heteroatoms. The minimum atomic E-state index is -0.565. The van der Waals surface area contributed by atoms with Gasteiger partial charge in [0.2, 0.25) is 0 Å². The number of esters is 1. The molecule has 0 radical (unpaired) electrons. The summed E-state index contributed by atoms with van der Waals surface area (Å²) in [5.41, 5.74) is 1.87. The first-order valence-electron chi connectivity index (χ1n) is 9.31. The largest absolute Gasteiger partial charge is 0.508 e. The minimum absolute atomic E-state index is 0.130. The first-order valence-corrected chi connectivity index (χ1v) is 10.6. The van der Waals surface area contributed by atoms with Crippen molar-refractivity contribution in [3.63, 3.8) is 0 Å². The van der Waals surface area contributed by atoms with Gasteiger partial charge in [0.15, 0.2) is 6.10 Å².